The van der Waals surface area contributed by atoms with Crippen molar-refractivity contribution >= 4 is 27.3 Å². The second-order valence-electron chi connectivity index (χ2n) is 3.94. The maximum absolute atomic E-state index is 5.76. The molecule has 2 rings (SSSR count). The van der Waals surface area contributed by atoms with Crippen molar-refractivity contribution in [3.63, 3.8) is 0 Å². The van der Waals surface area contributed by atoms with Gasteiger partial charge >= 0.3 is 0 Å². The molecule has 0 aromatic carbocycles. The Morgan fingerprint density at radius 1 is 1.60 bits per heavy atom. The minimum atomic E-state index is -0.131. The highest BCUT2D eigenvalue weighted by atomic mass is 79.9. The van der Waals surface area contributed by atoms with E-state index in [4.69, 9.17) is 9.47 Å². The van der Waals surface area contributed by atoms with Crippen LogP contribution in [-0.4, -0.2) is 19.8 Å². The maximum Gasteiger partial charge on any atom is 0.107 e. The Kier molecular flexibility index (Phi) is 3.50. The Morgan fingerprint density at radius 2 is 2.40 bits per heavy atom. The molecule has 15 heavy (non-hydrogen) atoms. The Labute approximate surface area is 103 Å². The lowest BCUT2D eigenvalue weighted by molar-refractivity contribution is -0.120. The summed E-state index contributed by atoms with van der Waals surface area (Å²) in [5, 5.41) is 0. The molecule has 1 aliphatic rings. The van der Waals surface area contributed by atoms with Crippen molar-refractivity contribution in [1.29, 1.82) is 0 Å². The fourth-order valence-electron chi connectivity index (χ4n) is 2.12. The van der Waals surface area contributed by atoms with E-state index in [9.17, 15) is 0 Å². The minimum Gasteiger partial charge on any atom is -0.378 e. The molecule has 1 saturated heterocycles. The first kappa shape index (κ1) is 11.6. The third-order valence-corrected chi connectivity index (χ3v) is 4.75. The van der Waals surface area contributed by atoms with Crippen LogP contribution in [0, 0.1) is 0 Å². The highest BCUT2D eigenvalue weighted by Crippen LogP contribution is 2.42. The zero-order chi connectivity index (χ0) is 10.9. The summed E-state index contributed by atoms with van der Waals surface area (Å²) in [4.78, 5) is 1.30. The number of hydrogen-bond donors (Lipinski definition) is 0. The number of halogens is 1. The summed E-state index contributed by atoms with van der Waals surface area (Å²) in [6.45, 7) is 2.89. The van der Waals surface area contributed by atoms with Crippen molar-refractivity contribution in [2.45, 2.75) is 31.5 Å². The smallest absolute Gasteiger partial charge is 0.107 e. The van der Waals surface area contributed by atoms with Gasteiger partial charge in [0.1, 0.15) is 5.60 Å². The molecular formula is C11H15BrO2S. The van der Waals surface area contributed by atoms with E-state index in [-0.39, 0.29) is 11.7 Å². The molecule has 2 heterocycles. The number of thiophene rings is 1. The van der Waals surface area contributed by atoms with Crippen LogP contribution in [-0.2, 0) is 15.1 Å². The van der Waals surface area contributed by atoms with E-state index in [1.54, 1.807) is 18.4 Å². The van der Waals surface area contributed by atoms with E-state index in [2.05, 4.69) is 35.0 Å². The van der Waals surface area contributed by atoms with E-state index >= 15 is 0 Å². The summed E-state index contributed by atoms with van der Waals surface area (Å²) in [6, 6.07) is 4.23. The van der Waals surface area contributed by atoms with Crippen LogP contribution in [0.1, 0.15) is 24.6 Å². The monoisotopic (exact) mass is 290 g/mol. The largest absolute Gasteiger partial charge is 0.378 e. The van der Waals surface area contributed by atoms with Crippen LogP contribution >= 0.6 is 27.3 Å². The first-order valence-electron chi connectivity index (χ1n) is 5.09. The number of methoxy groups -OCH3 is 1. The molecule has 0 bridgehead atoms. The van der Waals surface area contributed by atoms with Crippen LogP contribution in [0.2, 0.25) is 0 Å². The maximum atomic E-state index is 5.76. The summed E-state index contributed by atoms with van der Waals surface area (Å²) >= 11 is 5.25. The lowest BCUT2D eigenvalue weighted by Gasteiger charge is -2.38. The molecule has 2 nitrogen and oxygen atoms in total. The lowest BCUT2D eigenvalue weighted by atomic mass is 9.89. The quantitative estimate of drug-likeness (QED) is 0.829. The van der Waals surface area contributed by atoms with Gasteiger partial charge in [-0.05, 0) is 35.0 Å². The Bertz CT molecular complexity index is 339. The van der Waals surface area contributed by atoms with Gasteiger partial charge in [-0.1, -0.05) is 0 Å². The topological polar surface area (TPSA) is 18.5 Å². The number of rotatable bonds is 2. The summed E-state index contributed by atoms with van der Waals surface area (Å²) in [6.07, 6.45) is 2.16. The molecule has 0 N–H and O–H groups in total. The molecule has 1 fully saturated rings. The molecule has 0 saturated carbocycles. The van der Waals surface area contributed by atoms with Crippen molar-refractivity contribution in [3.8, 4) is 0 Å². The van der Waals surface area contributed by atoms with Crippen molar-refractivity contribution in [1.82, 2.24) is 0 Å². The zero-order valence-electron chi connectivity index (χ0n) is 8.96. The van der Waals surface area contributed by atoms with Crippen molar-refractivity contribution < 1.29 is 9.47 Å². The van der Waals surface area contributed by atoms with Gasteiger partial charge in [0.2, 0.25) is 0 Å². The van der Waals surface area contributed by atoms with Crippen LogP contribution in [0.5, 0.6) is 0 Å². The van der Waals surface area contributed by atoms with Gasteiger partial charge < -0.3 is 9.47 Å². The highest BCUT2D eigenvalue weighted by molar-refractivity contribution is 9.11. The second kappa shape index (κ2) is 4.53. The Balaban J connectivity index is 2.27. The highest BCUT2D eigenvalue weighted by Gasteiger charge is 2.38. The molecule has 0 radical (unpaired) electrons. The standard InChI is InChI=1S/C11H15BrO2S/c1-8-7-11(13-2,5-6-14-8)9-3-4-10(12)15-9/h3-4,8H,5-7H2,1-2H3/t8-,11+/m0/s1. The first-order valence-corrected chi connectivity index (χ1v) is 6.70. The van der Waals surface area contributed by atoms with Gasteiger partial charge in [0.25, 0.3) is 0 Å². The predicted octanol–water partition coefficient (Wildman–Crippen LogP) is 3.55. The Morgan fingerprint density at radius 3 is 2.93 bits per heavy atom. The molecule has 0 spiro atoms. The van der Waals surface area contributed by atoms with Gasteiger partial charge in [0, 0.05) is 24.8 Å². The third kappa shape index (κ3) is 2.28. The van der Waals surface area contributed by atoms with Crippen molar-refractivity contribution in [2.75, 3.05) is 13.7 Å². The van der Waals surface area contributed by atoms with Crippen LogP contribution in [0.4, 0.5) is 0 Å². The van der Waals surface area contributed by atoms with E-state index in [1.807, 2.05) is 0 Å². The summed E-state index contributed by atoms with van der Waals surface area (Å²) in [5.41, 5.74) is -0.131. The van der Waals surface area contributed by atoms with Gasteiger partial charge in [-0.2, -0.15) is 0 Å². The van der Waals surface area contributed by atoms with E-state index in [0.29, 0.717) is 0 Å². The van der Waals surface area contributed by atoms with Crippen LogP contribution in [0.15, 0.2) is 15.9 Å². The molecule has 2 atom stereocenters. The number of ether oxygens (including phenoxy) is 2. The average Bonchev–Trinajstić information content (AvgIpc) is 2.65. The fourth-order valence-corrected chi connectivity index (χ4v) is 3.71. The predicted molar refractivity (Wildman–Crippen MR) is 65.4 cm³/mol. The summed E-state index contributed by atoms with van der Waals surface area (Å²) in [5.74, 6) is 0. The first-order chi connectivity index (χ1) is 7.16. The molecule has 1 aromatic rings. The SMILES string of the molecule is CO[C@]1(c2ccc(Br)s2)CCO[C@@H](C)C1. The van der Waals surface area contributed by atoms with E-state index < -0.39 is 0 Å². The van der Waals surface area contributed by atoms with E-state index in [0.717, 1.165) is 23.2 Å². The van der Waals surface area contributed by atoms with Gasteiger partial charge in [-0.25, -0.2) is 0 Å². The molecule has 0 unspecified atom stereocenters. The van der Waals surface area contributed by atoms with Gasteiger partial charge in [-0.3, -0.25) is 0 Å². The Hall–Kier alpha value is 0.1000. The minimum absolute atomic E-state index is 0.131. The molecular weight excluding hydrogens is 276 g/mol. The van der Waals surface area contributed by atoms with E-state index in [1.165, 1.54) is 4.88 Å². The van der Waals surface area contributed by atoms with Crippen LogP contribution in [0.25, 0.3) is 0 Å². The van der Waals surface area contributed by atoms with Crippen LogP contribution < -0.4 is 0 Å². The molecule has 84 valence electrons. The second-order valence-corrected chi connectivity index (χ2v) is 6.40. The van der Waals surface area contributed by atoms with Gasteiger partial charge in [-0.15, -0.1) is 11.3 Å². The van der Waals surface area contributed by atoms with Gasteiger partial charge in [0.15, 0.2) is 0 Å². The summed E-state index contributed by atoms with van der Waals surface area (Å²) in [7, 11) is 1.80. The lowest BCUT2D eigenvalue weighted by Crippen LogP contribution is -2.38. The average molecular weight is 291 g/mol. The molecule has 0 aliphatic carbocycles. The third-order valence-electron chi connectivity index (χ3n) is 2.94. The van der Waals surface area contributed by atoms with Crippen molar-refractivity contribution in [2.24, 2.45) is 0 Å². The molecule has 1 aliphatic heterocycles. The van der Waals surface area contributed by atoms with Gasteiger partial charge in [0.05, 0.1) is 16.5 Å². The normalized spacial score (nSPS) is 31.8. The van der Waals surface area contributed by atoms with Crippen LogP contribution in [0.3, 0.4) is 0 Å². The summed E-state index contributed by atoms with van der Waals surface area (Å²) < 4.78 is 12.5. The molecule has 4 heteroatoms. The van der Waals surface area contributed by atoms with Crippen molar-refractivity contribution in [3.05, 3.63) is 20.8 Å². The fraction of sp³-hybridized carbons (Fsp3) is 0.636. The molecule has 1 aromatic heterocycles. The zero-order valence-corrected chi connectivity index (χ0v) is 11.4. The molecule has 0 amide bonds. The number of hydrogen-bond acceptors (Lipinski definition) is 3.